The Morgan fingerprint density at radius 2 is 1.48 bits per heavy atom. The van der Waals surface area contributed by atoms with Gasteiger partial charge in [-0.1, -0.05) is 6.07 Å². The van der Waals surface area contributed by atoms with Gasteiger partial charge in [-0.25, -0.2) is 0 Å². The van der Waals surface area contributed by atoms with Gasteiger partial charge < -0.3 is 18.9 Å². The van der Waals surface area contributed by atoms with Gasteiger partial charge in [-0.3, -0.25) is 4.79 Å². The van der Waals surface area contributed by atoms with Crippen LogP contribution in [0.2, 0.25) is 0 Å². The zero-order valence-corrected chi connectivity index (χ0v) is 14.1. The summed E-state index contributed by atoms with van der Waals surface area (Å²) in [4.78, 5) is 12.9. The van der Waals surface area contributed by atoms with Gasteiger partial charge in [0.1, 0.15) is 5.75 Å². The first-order chi connectivity index (χ1) is 11.2. The van der Waals surface area contributed by atoms with Crippen LogP contribution in [-0.2, 0) is 0 Å². The predicted octanol–water partition coefficient (Wildman–Crippen LogP) is 3.45. The van der Waals surface area contributed by atoms with Gasteiger partial charge >= 0.3 is 0 Å². The zero-order valence-electron chi connectivity index (χ0n) is 13.3. The molecule has 0 aliphatic rings. The number of benzene rings is 2. The topological polar surface area (TPSA) is 54.0 Å². The number of ether oxygens (including phenoxy) is 4. The van der Waals surface area contributed by atoms with Crippen LogP contribution in [0.25, 0.3) is 20.2 Å². The highest BCUT2D eigenvalue weighted by molar-refractivity contribution is 7.25. The van der Waals surface area contributed by atoms with Gasteiger partial charge in [-0.05, 0) is 18.2 Å². The van der Waals surface area contributed by atoms with Crippen molar-refractivity contribution in [3.05, 3.63) is 34.5 Å². The Bertz CT molecular complexity index is 945. The van der Waals surface area contributed by atoms with Crippen LogP contribution in [0.15, 0.2) is 29.1 Å². The van der Waals surface area contributed by atoms with Crippen molar-refractivity contribution in [3.63, 3.8) is 0 Å². The summed E-state index contributed by atoms with van der Waals surface area (Å²) in [6.45, 7) is 0. The molecular weight excluding hydrogens is 316 g/mol. The summed E-state index contributed by atoms with van der Waals surface area (Å²) >= 11 is 1.43. The van der Waals surface area contributed by atoms with Crippen molar-refractivity contribution in [2.24, 2.45) is 0 Å². The zero-order chi connectivity index (χ0) is 16.6. The molecule has 0 saturated heterocycles. The van der Waals surface area contributed by atoms with Gasteiger partial charge in [0.05, 0.1) is 37.8 Å². The Morgan fingerprint density at radius 3 is 2.09 bits per heavy atom. The number of rotatable bonds is 4. The highest BCUT2D eigenvalue weighted by atomic mass is 32.1. The van der Waals surface area contributed by atoms with Crippen molar-refractivity contribution in [3.8, 4) is 23.0 Å². The molecule has 0 saturated carbocycles. The van der Waals surface area contributed by atoms with Crippen LogP contribution in [0.1, 0.15) is 0 Å². The minimum absolute atomic E-state index is 0.0908. The first-order valence-electron chi connectivity index (χ1n) is 6.88. The molecule has 1 heterocycles. The largest absolute Gasteiger partial charge is 0.495 e. The summed E-state index contributed by atoms with van der Waals surface area (Å²) in [5.74, 6) is 2.07. The van der Waals surface area contributed by atoms with Gasteiger partial charge in [-0.2, -0.15) is 0 Å². The highest BCUT2D eigenvalue weighted by Crippen LogP contribution is 2.46. The van der Waals surface area contributed by atoms with Crippen LogP contribution in [0, 0.1) is 0 Å². The summed E-state index contributed by atoms with van der Waals surface area (Å²) in [6.07, 6.45) is 0. The van der Waals surface area contributed by atoms with E-state index < -0.39 is 0 Å². The summed E-state index contributed by atoms with van der Waals surface area (Å²) in [6, 6.07) is 7.12. The standard InChI is InChI=1S/C17H16O5S/c1-19-11-7-5-6-9-13(18)10-8-12(20-2)14(21-3)15(22-4)17(10)23-16(9)11/h5-8H,1-4H3. The Balaban J connectivity index is 2.56. The third-order valence-corrected chi connectivity index (χ3v) is 4.91. The molecule has 0 amide bonds. The molecular formula is C17H16O5S. The lowest BCUT2D eigenvalue weighted by Crippen LogP contribution is -2.04. The average molecular weight is 332 g/mol. The van der Waals surface area contributed by atoms with Crippen LogP contribution in [-0.4, -0.2) is 28.4 Å². The number of hydrogen-bond acceptors (Lipinski definition) is 6. The van der Waals surface area contributed by atoms with Crippen molar-refractivity contribution in [1.29, 1.82) is 0 Å². The fourth-order valence-electron chi connectivity index (χ4n) is 2.61. The van der Waals surface area contributed by atoms with Crippen LogP contribution in [0.3, 0.4) is 0 Å². The molecule has 1 aromatic heterocycles. The van der Waals surface area contributed by atoms with Crippen LogP contribution in [0.5, 0.6) is 23.0 Å². The fraction of sp³-hybridized carbons (Fsp3) is 0.235. The smallest absolute Gasteiger partial charge is 0.204 e. The van der Waals surface area contributed by atoms with Gasteiger partial charge in [0.2, 0.25) is 5.75 Å². The molecule has 0 unspecified atom stereocenters. The molecule has 0 N–H and O–H groups in total. The maximum absolute atomic E-state index is 12.9. The number of fused-ring (bicyclic) bond motifs is 2. The van der Waals surface area contributed by atoms with Gasteiger partial charge in [-0.15, -0.1) is 11.3 Å². The monoisotopic (exact) mass is 332 g/mol. The van der Waals surface area contributed by atoms with Crippen molar-refractivity contribution in [2.45, 2.75) is 0 Å². The molecule has 23 heavy (non-hydrogen) atoms. The Kier molecular flexibility index (Phi) is 4.00. The molecule has 0 fully saturated rings. The van der Waals surface area contributed by atoms with E-state index >= 15 is 0 Å². The minimum Gasteiger partial charge on any atom is -0.495 e. The quantitative estimate of drug-likeness (QED) is 0.685. The van der Waals surface area contributed by atoms with Gasteiger partial charge in [0, 0.05) is 10.8 Å². The van der Waals surface area contributed by atoms with Crippen molar-refractivity contribution >= 4 is 31.5 Å². The molecule has 5 nitrogen and oxygen atoms in total. The van der Waals surface area contributed by atoms with Crippen molar-refractivity contribution < 1.29 is 18.9 Å². The summed E-state index contributed by atoms with van der Waals surface area (Å²) in [7, 11) is 6.19. The molecule has 6 heteroatoms. The molecule has 0 aliphatic heterocycles. The second-order valence-electron chi connectivity index (χ2n) is 4.79. The van der Waals surface area contributed by atoms with Crippen LogP contribution in [0.4, 0.5) is 0 Å². The minimum atomic E-state index is -0.0908. The number of hydrogen-bond donors (Lipinski definition) is 0. The molecule has 2 aromatic carbocycles. The summed E-state index contributed by atoms with van der Waals surface area (Å²) < 4.78 is 23.1. The predicted molar refractivity (Wildman–Crippen MR) is 91.8 cm³/mol. The lowest BCUT2D eigenvalue weighted by atomic mass is 10.1. The average Bonchev–Trinajstić information content (AvgIpc) is 2.59. The molecule has 0 bridgehead atoms. The lowest BCUT2D eigenvalue weighted by Gasteiger charge is -2.15. The number of methoxy groups -OCH3 is 4. The maximum Gasteiger partial charge on any atom is 0.204 e. The van der Waals surface area contributed by atoms with Gasteiger partial charge in [0.15, 0.2) is 16.9 Å². The van der Waals surface area contributed by atoms with Crippen molar-refractivity contribution in [2.75, 3.05) is 28.4 Å². The Labute approximate surface area is 137 Å². The summed E-state index contributed by atoms with van der Waals surface area (Å²) in [5.41, 5.74) is -0.0908. The highest BCUT2D eigenvalue weighted by Gasteiger charge is 2.20. The first kappa shape index (κ1) is 15.4. The second-order valence-corrected chi connectivity index (χ2v) is 5.81. The summed E-state index contributed by atoms with van der Waals surface area (Å²) in [5, 5.41) is 1.14. The maximum atomic E-state index is 12.9. The Hall–Kier alpha value is -2.47. The van der Waals surface area contributed by atoms with Crippen molar-refractivity contribution in [1.82, 2.24) is 0 Å². The molecule has 120 valence electrons. The van der Waals surface area contributed by atoms with Gasteiger partial charge in [0.25, 0.3) is 0 Å². The third kappa shape index (κ3) is 2.26. The van der Waals surface area contributed by atoms with E-state index in [1.807, 2.05) is 6.07 Å². The molecule has 3 rings (SSSR count). The fourth-order valence-corrected chi connectivity index (χ4v) is 3.86. The molecule has 3 aromatic rings. The van der Waals surface area contributed by atoms with E-state index in [4.69, 9.17) is 18.9 Å². The van der Waals surface area contributed by atoms with E-state index in [9.17, 15) is 4.79 Å². The third-order valence-electron chi connectivity index (χ3n) is 3.68. The molecule has 0 atom stereocenters. The Morgan fingerprint density at radius 1 is 0.783 bits per heavy atom. The molecule has 0 spiro atoms. The van der Waals surface area contributed by atoms with E-state index in [1.165, 1.54) is 25.6 Å². The molecule has 0 aliphatic carbocycles. The van der Waals surface area contributed by atoms with E-state index in [1.54, 1.807) is 32.4 Å². The second kappa shape index (κ2) is 5.96. The normalized spacial score (nSPS) is 10.8. The van der Waals surface area contributed by atoms with E-state index in [-0.39, 0.29) is 5.43 Å². The SMILES string of the molecule is COc1cc2c(=O)c3cccc(OC)c3sc2c(OC)c1OC. The van der Waals surface area contributed by atoms with E-state index in [0.29, 0.717) is 38.5 Å². The van der Waals surface area contributed by atoms with Crippen LogP contribution < -0.4 is 24.4 Å². The van der Waals surface area contributed by atoms with E-state index in [2.05, 4.69) is 0 Å². The first-order valence-corrected chi connectivity index (χ1v) is 7.70. The van der Waals surface area contributed by atoms with E-state index in [0.717, 1.165) is 4.70 Å². The van der Waals surface area contributed by atoms with Crippen LogP contribution >= 0.6 is 11.3 Å². The molecule has 0 radical (unpaired) electrons. The lowest BCUT2D eigenvalue weighted by molar-refractivity contribution is 0.327.